The zero-order chi connectivity index (χ0) is 9.99. The second kappa shape index (κ2) is 3.79. The molecule has 0 aliphatic heterocycles. The van der Waals surface area contributed by atoms with E-state index in [-0.39, 0.29) is 12.2 Å². The highest BCUT2D eigenvalue weighted by atomic mass is 32.2. The third-order valence-electron chi connectivity index (χ3n) is 1.94. The number of hydrogen-bond acceptors (Lipinski definition) is 1. The van der Waals surface area contributed by atoms with Crippen LogP contribution in [0, 0.1) is 5.41 Å². The molecule has 1 unspecified atom stereocenters. The number of nitrogens with two attached hydrogens (primary N) is 1. The molecule has 1 atom stereocenters. The van der Waals surface area contributed by atoms with Crippen molar-refractivity contribution in [3.8, 4) is 0 Å². The molecule has 0 saturated heterocycles. The summed E-state index contributed by atoms with van der Waals surface area (Å²) in [6, 6.07) is 0. The highest BCUT2D eigenvalue weighted by molar-refractivity contribution is 7.82. The quantitative estimate of drug-likeness (QED) is 0.735. The maximum Gasteiger partial charge on any atom is 0.253 e. The lowest BCUT2D eigenvalue weighted by Crippen LogP contribution is -2.41. The lowest BCUT2D eigenvalue weighted by Gasteiger charge is -2.32. The Kier molecular flexibility index (Phi) is 3.78. The van der Waals surface area contributed by atoms with Crippen LogP contribution in [0.25, 0.3) is 0 Å². The van der Waals surface area contributed by atoms with Gasteiger partial charge < -0.3 is 0 Å². The Labute approximate surface area is 74.1 Å². The van der Waals surface area contributed by atoms with Gasteiger partial charge in [0.2, 0.25) is 0 Å². The molecule has 5 heteroatoms. The minimum absolute atomic E-state index is 0.173. The number of halogens is 2. The van der Waals surface area contributed by atoms with Crippen molar-refractivity contribution in [2.75, 3.05) is 5.75 Å². The lowest BCUT2D eigenvalue weighted by atomic mass is 9.86. The Hall–Kier alpha value is -0.0300. The Morgan fingerprint density at radius 1 is 1.42 bits per heavy atom. The molecule has 74 valence electrons. The van der Waals surface area contributed by atoms with Gasteiger partial charge in [-0.2, -0.15) is 0 Å². The van der Waals surface area contributed by atoms with Crippen molar-refractivity contribution in [3.05, 3.63) is 0 Å². The maximum absolute atomic E-state index is 13.1. The topological polar surface area (TPSA) is 43.1 Å². The summed E-state index contributed by atoms with van der Waals surface area (Å²) in [5.41, 5.74) is -1.29. The van der Waals surface area contributed by atoms with Crippen molar-refractivity contribution in [1.29, 1.82) is 0 Å². The average molecular weight is 199 g/mol. The van der Waals surface area contributed by atoms with Gasteiger partial charge in [-0.3, -0.25) is 5.14 Å². The predicted octanol–water partition coefficient (Wildman–Crippen LogP) is 1.68. The fourth-order valence-corrected chi connectivity index (χ4v) is 1.86. The minimum Gasteiger partial charge on any atom is -0.252 e. The molecular formula is C7H15F2NOS. The largest absolute Gasteiger partial charge is 0.253 e. The highest BCUT2D eigenvalue weighted by Gasteiger charge is 2.45. The first-order valence-corrected chi connectivity index (χ1v) is 5.12. The van der Waals surface area contributed by atoms with Crippen LogP contribution in [-0.2, 0) is 11.0 Å². The van der Waals surface area contributed by atoms with E-state index in [4.69, 9.17) is 5.14 Å². The van der Waals surface area contributed by atoms with Gasteiger partial charge in [-0.05, 0) is 0 Å². The van der Waals surface area contributed by atoms with E-state index in [1.54, 1.807) is 0 Å². The molecule has 0 spiro atoms. The molecule has 0 bridgehead atoms. The van der Waals surface area contributed by atoms with Gasteiger partial charge in [0, 0.05) is 17.6 Å². The van der Waals surface area contributed by atoms with Crippen molar-refractivity contribution in [3.63, 3.8) is 0 Å². The fraction of sp³-hybridized carbons (Fsp3) is 1.00. The van der Waals surface area contributed by atoms with Crippen molar-refractivity contribution in [1.82, 2.24) is 0 Å². The van der Waals surface area contributed by atoms with E-state index in [1.807, 2.05) is 0 Å². The number of rotatable bonds is 4. The number of hydrogen-bond donors (Lipinski definition) is 1. The molecule has 0 amide bonds. The van der Waals surface area contributed by atoms with E-state index >= 15 is 0 Å². The van der Waals surface area contributed by atoms with Gasteiger partial charge in [0.05, 0.1) is 11.0 Å². The minimum atomic E-state index is -2.80. The highest BCUT2D eigenvalue weighted by Crippen LogP contribution is 2.38. The average Bonchev–Trinajstić information content (AvgIpc) is 1.84. The molecule has 0 aromatic heterocycles. The summed E-state index contributed by atoms with van der Waals surface area (Å²) in [5, 5.41) is 4.97. The smallest absolute Gasteiger partial charge is 0.252 e. The van der Waals surface area contributed by atoms with Crippen LogP contribution in [0.1, 0.15) is 27.2 Å². The molecule has 12 heavy (non-hydrogen) atoms. The van der Waals surface area contributed by atoms with E-state index in [1.165, 1.54) is 20.8 Å². The first-order valence-electron chi connectivity index (χ1n) is 3.73. The van der Waals surface area contributed by atoms with Crippen molar-refractivity contribution in [2.24, 2.45) is 10.6 Å². The van der Waals surface area contributed by atoms with Crippen LogP contribution < -0.4 is 5.14 Å². The van der Waals surface area contributed by atoms with E-state index in [2.05, 4.69) is 0 Å². The third kappa shape index (κ3) is 2.79. The van der Waals surface area contributed by atoms with Crippen LogP contribution in [0.2, 0.25) is 0 Å². The van der Waals surface area contributed by atoms with Crippen molar-refractivity contribution >= 4 is 11.0 Å². The molecule has 0 rings (SSSR count). The summed E-state index contributed by atoms with van der Waals surface area (Å²) in [5.74, 6) is -2.98. The monoisotopic (exact) mass is 199 g/mol. The van der Waals surface area contributed by atoms with E-state index < -0.39 is 22.3 Å². The first-order chi connectivity index (χ1) is 5.23. The lowest BCUT2D eigenvalue weighted by molar-refractivity contribution is -0.0965. The summed E-state index contributed by atoms with van der Waals surface area (Å²) in [6.07, 6.45) is -0.253. The Morgan fingerprint density at radius 3 is 2.08 bits per heavy atom. The van der Waals surface area contributed by atoms with Gasteiger partial charge in [0.1, 0.15) is 0 Å². The third-order valence-corrected chi connectivity index (χ3v) is 2.94. The Morgan fingerprint density at radius 2 is 1.83 bits per heavy atom. The van der Waals surface area contributed by atoms with E-state index in [9.17, 15) is 13.0 Å². The standard InChI is InChI=1S/C7H15F2NOS/c1-4-7(8,9)6(2,3)5-12(10)11/h4-5,10H2,1-3H3. The SMILES string of the molecule is CCC(F)(F)C(C)(C)CS(N)=O. The molecule has 0 aromatic carbocycles. The van der Waals surface area contributed by atoms with Crippen LogP contribution in [0.15, 0.2) is 0 Å². The van der Waals surface area contributed by atoms with Crippen molar-refractivity contribution in [2.45, 2.75) is 33.1 Å². The molecular weight excluding hydrogens is 184 g/mol. The normalized spacial score (nSPS) is 16.2. The van der Waals surface area contributed by atoms with Crippen LogP contribution in [0.4, 0.5) is 8.78 Å². The molecule has 2 N–H and O–H groups in total. The Bertz CT molecular complexity index is 182. The fourth-order valence-electron chi connectivity index (χ4n) is 0.940. The van der Waals surface area contributed by atoms with Crippen LogP contribution in [-0.4, -0.2) is 15.9 Å². The van der Waals surface area contributed by atoms with Crippen LogP contribution in [0.3, 0.4) is 0 Å². The van der Waals surface area contributed by atoms with Gasteiger partial charge in [0.15, 0.2) is 0 Å². The second-order valence-corrected chi connectivity index (χ2v) is 4.52. The van der Waals surface area contributed by atoms with Gasteiger partial charge in [-0.15, -0.1) is 0 Å². The van der Waals surface area contributed by atoms with Crippen LogP contribution in [0.5, 0.6) is 0 Å². The summed E-state index contributed by atoms with van der Waals surface area (Å²) >= 11 is 0. The number of alkyl halides is 2. The van der Waals surface area contributed by atoms with Gasteiger partial charge in [-0.25, -0.2) is 13.0 Å². The predicted molar refractivity (Wildman–Crippen MR) is 46.2 cm³/mol. The molecule has 0 aliphatic rings. The van der Waals surface area contributed by atoms with Gasteiger partial charge in [-0.1, -0.05) is 20.8 Å². The maximum atomic E-state index is 13.1. The summed E-state index contributed by atoms with van der Waals surface area (Å²) in [6.45, 7) is 4.16. The van der Waals surface area contributed by atoms with Gasteiger partial charge in [0.25, 0.3) is 5.92 Å². The molecule has 0 heterocycles. The van der Waals surface area contributed by atoms with Crippen molar-refractivity contribution < 1.29 is 13.0 Å². The second-order valence-electron chi connectivity index (χ2n) is 3.47. The Balaban J connectivity index is 4.48. The van der Waals surface area contributed by atoms with Gasteiger partial charge >= 0.3 is 0 Å². The molecule has 0 aliphatic carbocycles. The molecule has 2 nitrogen and oxygen atoms in total. The summed E-state index contributed by atoms with van der Waals surface area (Å²) in [7, 11) is -1.66. The molecule has 0 aromatic rings. The molecule has 0 saturated carbocycles. The summed E-state index contributed by atoms with van der Waals surface area (Å²) < 4.78 is 36.8. The van der Waals surface area contributed by atoms with Crippen LogP contribution >= 0.6 is 0 Å². The zero-order valence-corrected chi connectivity index (χ0v) is 8.38. The van der Waals surface area contributed by atoms with E-state index in [0.29, 0.717) is 0 Å². The first kappa shape index (κ1) is 12.0. The molecule has 0 fully saturated rings. The zero-order valence-electron chi connectivity index (χ0n) is 7.56. The van der Waals surface area contributed by atoms with E-state index in [0.717, 1.165) is 0 Å². The summed E-state index contributed by atoms with van der Waals surface area (Å²) in [4.78, 5) is 0. The molecule has 0 radical (unpaired) electrons.